The summed E-state index contributed by atoms with van der Waals surface area (Å²) in [6.07, 6.45) is -2.02. The number of hydrogen-bond donors (Lipinski definition) is 4. The van der Waals surface area contributed by atoms with Crippen molar-refractivity contribution in [3.8, 4) is 0 Å². The standard InChI is InChI=1S/C13H16FN5O3/c1-2-13(5-20)11(21)9(14)10(22-13)7-4-17-12-6(15)3-8(16)18-19(7)12/h2-4,9-11,20-21H,1,5,15H2,(H2,16,18)/t9-,10-,11-,13+/m0/s1. The summed E-state index contributed by atoms with van der Waals surface area (Å²) in [6, 6.07) is 1.44. The van der Waals surface area contributed by atoms with Crippen LogP contribution in [0.2, 0.25) is 0 Å². The minimum absolute atomic E-state index is 0.135. The molecule has 1 fully saturated rings. The van der Waals surface area contributed by atoms with Crippen molar-refractivity contribution in [1.29, 1.82) is 0 Å². The largest absolute Gasteiger partial charge is 0.396 e. The van der Waals surface area contributed by atoms with Crippen LogP contribution >= 0.6 is 0 Å². The first-order chi connectivity index (χ1) is 10.4. The third-order valence-electron chi connectivity index (χ3n) is 3.86. The molecule has 4 atom stereocenters. The van der Waals surface area contributed by atoms with Crippen molar-refractivity contribution in [1.82, 2.24) is 14.6 Å². The van der Waals surface area contributed by atoms with Gasteiger partial charge in [0.2, 0.25) is 0 Å². The molecule has 1 saturated heterocycles. The van der Waals surface area contributed by atoms with E-state index in [4.69, 9.17) is 16.2 Å². The van der Waals surface area contributed by atoms with E-state index in [1.165, 1.54) is 22.9 Å². The molecule has 8 nitrogen and oxygen atoms in total. The molecule has 0 unspecified atom stereocenters. The molecule has 1 aliphatic heterocycles. The van der Waals surface area contributed by atoms with Crippen LogP contribution in [-0.2, 0) is 4.74 Å². The minimum Gasteiger partial charge on any atom is -0.396 e. The Hall–Kier alpha value is -2.23. The topological polar surface area (TPSA) is 132 Å². The molecule has 2 aromatic heterocycles. The number of ether oxygens (including phenoxy) is 1. The summed E-state index contributed by atoms with van der Waals surface area (Å²) in [5, 5.41) is 23.5. The molecule has 22 heavy (non-hydrogen) atoms. The highest BCUT2D eigenvalue weighted by molar-refractivity contribution is 5.67. The van der Waals surface area contributed by atoms with E-state index >= 15 is 0 Å². The van der Waals surface area contributed by atoms with Crippen LogP contribution in [0.5, 0.6) is 0 Å². The predicted octanol–water partition coefficient (Wildman–Crippen LogP) is -0.419. The SMILES string of the molecule is C=C[C@]1(CO)O[C@@H](c2cnc3c(N)cc(N)nn23)[C@H](F)[C@@H]1O. The molecule has 0 aliphatic carbocycles. The number of halogens is 1. The number of nitrogens with zero attached hydrogens (tertiary/aromatic N) is 3. The molecule has 1 aliphatic rings. The lowest BCUT2D eigenvalue weighted by Gasteiger charge is -2.25. The van der Waals surface area contributed by atoms with Crippen LogP contribution in [0.1, 0.15) is 11.8 Å². The Morgan fingerprint density at radius 2 is 2.27 bits per heavy atom. The number of aliphatic hydroxyl groups excluding tert-OH is 2. The van der Waals surface area contributed by atoms with Crippen LogP contribution < -0.4 is 11.5 Å². The van der Waals surface area contributed by atoms with Gasteiger partial charge in [-0.05, 0) is 0 Å². The van der Waals surface area contributed by atoms with E-state index in [2.05, 4.69) is 16.7 Å². The zero-order chi connectivity index (χ0) is 16.1. The van der Waals surface area contributed by atoms with Gasteiger partial charge in [0.25, 0.3) is 0 Å². The first-order valence-corrected chi connectivity index (χ1v) is 6.57. The monoisotopic (exact) mass is 309 g/mol. The van der Waals surface area contributed by atoms with Crippen LogP contribution in [0.25, 0.3) is 5.65 Å². The molecule has 0 spiro atoms. The lowest BCUT2D eigenvalue weighted by Crippen LogP contribution is -2.43. The minimum atomic E-state index is -1.80. The van der Waals surface area contributed by atoms with Crippen LogP contribution in [0.15, 0.2) is 24.9 Å². The van der Waals surface area contributed by atoms with E-state index in [0.29, 0.717) is 5.65 Å². The van der Waals surface area contributed by atoms with Gasteiger partial charge in [-0.15, -0.1) is 11.7 Å². The molecule has 0 saturated carbocycles. The summed E-state index contributed by atoms with van der Waals surface area (Å²) < 4.78 is 21.3. The average Bonchev–Trinajstić information content (AvgIpc) is 3.01. The number of nitrogens with two attached hydrogens (primary N) is 2. The first-order valence-electron chi connectivity index (χ1n) is 6.57. The smallest absolute Gasteiger partial charge is 0.177 e. The van der Waals surface area contributed by atoms with Crippen molar-refractivity contribution in [2.24, 2.45) is 0 Å². The molecule has 0 amide bonds. The highest BCUT2D eigenvalue weighted by Crippen LogP contribution is 2.42. The van der Waals surface area contributed by atoms with Crippen molar-refractivity contribution >= 4 is 17.2 Å². The maximum atomic E-state index is 14.5. The number of fused-ring (bicyclic) bond motifs is 1. The second-order valence-corrected chi connectivity index (χ2v) is 5.19. The fourth-order valence-corrected chi connectivity index (χ4v) is 2.62. The third kappa shape index (κ3) is 1.86. The van der Waals surface area contributed by atoms with Crippen molar-refractivity contribution in [3.63, 3.8) is 0 Å². The van der Waals surface area contributed by atoms with Crippen LogP contribution in [0, 0.1) is 0 Å². The van der Waals surface area contributed by atoms with E-state index in [0.717, 1.165) is 0 Å². The number of aliphatic hydroxyl groups is 2. The van der Waals surface area contributed by atoms with Gasteiger partial charge in [0.15, 0.2) is 11.8 Å². The molecule has 2 aromatic rings. The number of rotatable bonds is 3. The average molecular weight is 309 g/mol. The molecule has 3 rings (SSSR count). The molecule has 0 bridgehead atoms. The Bertz CT molecular complexity index is 736. The fraction of sp³-hybridized carbons (Fsp3) is 0.385. The van der Waals surface area contributed by atoms with E-state index in [1.807, 2.05) is 0 Å². The lowest BCUT2D eigenvalue weighted by atomic mass is 9.96. The van der Waals surface area contributed by atoms with Gasteiger partial charge < -0.3 is 26.4 Å². The van der Waals surface area contributed by atoms with E-state index in [9.17, 15) is 14.6 Å². The number of nitrogen functional groups attached to an aromatic ring is 2. The quantitative estimate of drug-likeness (QED) is 0.566. The number of alkyl halides is 1. The fourth-order valence-electron chi connectivity index (χ4n) is 2.62. The molecular weight excluding hydrogens is 293 g/mol. The molecule has 3 heterocycles. The highest BCUT2D eigenvalue weighted by atomic mass is 19.1. The van der Waals surface area contributed by atoms with E-state index < -0.39 is 30.6 Å². The first kappa shape index (κ1) is 14.7. The summed E-state index contributed by atoms with van der Waals surface area (Å²) in [5.74, 6) is 0.135. The molecule has 6 N–H and O–H groups in total. The van der Waals surface area contributed by atoms with Gasteiger partial charge in [-0.3, -0.25) is 0 Å². The molecular formula is C13H16FN5O3. The zero-order valence-electron chi connectivity index (χ0n) is 11.6. The summed E-state index contributed by atoms with van der Waals surface area (Å²) in [7, 11) is 0. The Balaban J connectivity index is 2.11. The number of imidazole rings is 1. The Kier molecular flexibility index (Phi) is 3.28. The van der Waals surface area contributed by atoms with E-state index in [-0.39, 0.29) is 17.2 Å². The van der Waals surface area contributed by atoms with Crippen molar-refractivity contribution < 1.29 is 19.3 Å². The van der Waals surface area contributed by atoms with Crippen molar-refractivity contribution in [2.45, 2.75) is 24.0 Å². The highest BCUT2D eigenvalue weighted by Gasteiger charge is 2.54. The normalized spacial score (nSPS) is 31.7. The predicted molar refractivity (Wildman–Crippen MR) is 76.6 cm³/mol. The summed E-state index contributed by atoms with van der Waals surface area (Å²) in [4.78, 5) is 4.07. The third-order valence-corrected chi connectivity index (χ3v) is 3.86. The van der Waals surface area contributed by atoms with Gasteiger partial charge in [-0.1, -0.05) is 6.08 Å². The number of aromatic nitrogens is 3. The number of anilines is 2. The van der Waals surface area contributed by atoms with Gasteiger partial charge >= 0.3 is 0 Å². The summed E-state index contributed by atoms with van der Waals surface area (Å²) >= 11 is 0. The second kappa shape index (κ2) is 4.90. The van der Waals surface area contributed by atoms with Crippen molar-refractivity contribution in [2.75, 3.05) is 18.1 Å². The van der Waals surface area contributed by atoms with E-state index in [1.54, 1.807) is 0 Å². The van der Waals surface area contributed by atoms with Gasteiger partial charge in [0.05, 0.1) is 24.2 Å². The summed E-state index contributed by atoms with van der Waals surface area (Å²) in [5.41, 5.74) is 10.7. The maximum absolute atomic E-state index is 14.5. The van der Waals surface area contributed by atoms with Crippen LogP contribution in [0.3, 0.4) is 0 Å². The van der Waals surface area contributed by atoms with Gasteiger partial charge in [-0.2, -0.15) is 0 Å². The molecule has 0 aromatic carbocycles. The van der Waals surface area contributed by atoms with Gasteiger partial charge in [0, 0.05) is 6.07 Å². The van der Waals surface area contributed by atoms with Gasteiger partial charge in [0.1, 0.15) is 23.6 Å². The second-order valence-electron chi connectivity index (χ2n) is 5.19. The molecule has 9 heteroatoms. The Morgan fingerprint density at radius 3 is 2.86 bits per heavy atom. The lowest BCUT2D eigenvalue weighted by molar-refractivity contribution is -0.0798. The van der Waals surface area contributed by atoms with Crippen LogP contribution in [-0.4, -0.2) is 49.3 Å². The number of hydrogen-bond acceptors (Lipinski definition) is 7. The summed E-state index contributed by atoms with van der Waals surface area (Å²) in [6.45, 7) is 2.88. The Morgan fingerprint density at radius 1 is 1.55 bits per heavy atom. The molecule has 118 valence electrons. The van der Waals surface area contributed by atoms with Crippen molar-refractivity contribution in [3.05, 3.63) is 30.6 Å². The van der Waals surface area contributed by atoms with Gasteiger partial charge in [-0.25, -0.2) is 13.9 Å². The maximum Gasteiger partial charge on any atom is 0.177 e. The Labute approximate surface area is 124 Å². The zero-order valence-corrected chi connectivity index (χ0v) is 11.6. The molecule has 0 radical (unpaired) electrons. The van der Waals surface area contributed by atoms with Crippen LogP contribution in [0.4, 0.5) is 15.9 Å².